The van der Waals surface area contributed by atoms with Crippen molar-refractivity contribution >= 4 is 10.0 Å². The number of halogens is 1. The summed E-state index contributed by atoms with van der Waals surface area (Å²) in [7, 11) is -2.33. The fourth-order valence-electron chi connectivity index (χ4n) is 1.79. The fourth-order valence-corrected chi connectivity index (χ4v) is 2.98. The van der Waals surface area contributed by atoms with Crippen LogP contribution in [0.15, 0.2) is 23.4 Å². The molecule has 1 aromatic heterocycles. The van der Waals surface area contributed by atoms with Gasteiger partial charge in [0.05, 0.1) is 0 Å². The van der Waals surface area contributed by atoms with E-state index in [4.69, 9.17) is 0 Å². The fraction of sp³-hybridized carbons (Fsp3) is 0.545. The molecule has 17 heavy (non-hydrogen) atoms. The van der Waals surface area contributed by atoms with Crippen molar-refractivity contribution in [2.45, 2.75) is 18.4 Å². The van der Waals surface area contributed by atoms with Crippen LogP contribution in [-0.4, -0.2) is 31.3 Å². The molecule has 2 rings (SSSR count). The maximum atomic E-state index is 13.4. The Morgan fingerprint density at radius 2 is 2.24 bits per heavy atom. The summed E-state index contributed by atoms with van der Waals surface area (Å²) in [6.07, 6.45) is 2.31. The molecular weight excluding hydrogens is 243 g/mol. The van der Waals surface area contributed by atoms with Crippen LogP contribution in [0.1, 0.15) is 13.3 Å². The van der Waals surface area contributed by atoms with Gasteiger partial charge < -0.3 is 0 Å². The predicted molar refractivity (Wildman–Crippen MR) is 61.3 cm³/mol. The van der Waals surface area contributed by atoms with Gasteiger partial charge in [-0.25, -0.2) is 17.8 Å². The Kier molecular flexibility index (Phi) is 3.18. The Bertz CT molecular complexity index is 518. The van der Waals surface area contributed by atoms with E-state index < -0.39 is 20.9 Å². The van der Waals surface area contributed by atoms with E-state index in [0.717, 1.165) is 12.5 Å². The molecule has 0 aliphatic heterocycles. The molecule has 1 heterocycles. The number of hydrogen-bond donors (Lipinski definition) is 0. The number of nitrogens with zero attached hydrogens (tertiary/aromatic N) is 2. The average Bonchev–Trinajstić information content (AvgIpc) is 2.94. The van der Waals surface area contributed by atoms with E-state index in [1.165, 1.54) is 23.6 Å². The molecule has 0 bridgehead atoms. The third kappa shape index (κ3) is 2.47. The zero-order valence-corrected chi connectivity index (χ0v) is 10.6. The summed E-state index contributed by atoms with van der Waals surface area (Å²) in [4.78, 5) is 3.61. The van der Waals surface area contributed by atoms with Gasteiger partial charge in [-0.3, -0.25) is 0 Å². The first-order valence-electron chi connectivity index (χ1n) is 5.50. The minimum absolute atomic E-state index is 0.390. The Labute approximate surface area is 101 Å². The molecule has 1 aromatic rings. The summed E-state index contributed by atoms with van der Waals surface area (Å²) < 4.78 is 38.7. The van der Waals surface area contributed by atoms with E-state index in [9.17, 15) is 12.8 Å². The van der Waals surface area contributed by atoms with Gasteiger partial charge in [0, 0.05) is 19.8 Å². The lowest BCUT2D eigenvalue weighted by atomic mass is 10.3. The maximum absolute atomic E-state index is 13.4. The molecule has 0 radical (unpaired) electrons. The van der Waals surface area contributed by atoms with E-state index >= 15 is 0 Å². The van der Waals surface area contributed by atoms with Gasteiger partial charge >= 0.3 is 0 Å². The lowest BCUT2D eigenvalue weighted by Gasteiger charge is -2.16. The molecular formula is C11H15FN2O2S. The molecule has 1 saturated carbocycles. The third-order valence-electron chi connectivity index (χ3n) is 3.15. The van der Waals surface area contributed by atoms with E-state index in [2.05, 4.69) is 11.9 Å². The van der Waals surface area contributed by atoms with Crippen LogP contribution in [0.4, 0.5) is 4.39 Å². The van der Waals surface area contributed by atoms with E-state index in [1.54, 1.807) is 0 Å². The molecule has 0 aromatic carbocycles. The second-order valence-corrected chi connectivity index (χ2v) is 6.51. The maximum Gasteiger partial charge on any atom is 0.263 e. The third-order valence-corrected chi connectivity index (χ3v) is 4.91. The normalized spacial score (nSPS) is 24.0. The molecule has 0 amide bonds. The Morgan fingerprint density at radius 1 is 1.59 bits per heavy atom. The van der Waals surface area contributed by atoms with Crippen LogP contribution in [0.2, 0.25) is 0 Å². The molecule has 0 N–H and O–H groups in total. The van der Waals surface area contributed by atoms with Crippen LogP contribution >= 0.6 is 0 Å². The van der Waals surface area contributed by atoms with Gasteiger partial charge in [-0.1, -0.05) is 6.92 Å². The summed E-state index contributed by atoms with van der Waals surface area (Å²) in [5.41, 5.74) is 0. The van der Waals surface area contributed by atoms with Crippen LogP contribution in [0.3, 0.4) is 0 Å². The minimum atomic E-state index is -3.80. The lowest BCUT2D eigenvalue weighted by Crippen LogP contribution is -2.30. The Balaban J connectivity index is 2.21. The lowest BCUT2D eigenvalue weighted by molar-refractivity contribution is 0.436. The molecule has 0 spiro atoms. The summed E-state index contributed by atoms with van der Waals surface area (Å²) >= 11 is 0. The van der Waals surface area contributed by atoms with E-state index in [0.29, 0.717) is 18.4 Å². The highest BCUT2D eigenvalue weighted by molar-refractivity contribution is 7.89. The predicted octanol–water partition coefficient (Wildman–Crippen LogP) is 1.50. The van der Waals surface area contributed by atoms with Crippen LogP contribution in [-0.2, 0) is 10.0 Å². The van der Waals surface area contributed by atoms with Crippen molar-refractivity contribution in [2.24, 2.45) is 11.8 Å². The zero-order chi connectivity index (χ0) is 12.6. The first-order valence-corrected chi connectivity index (χ1v) is 6.94. The van der Waals surface area contributed by atoms with Gasteiger partial charge in [0.15, 0.2) is 5.82 Å². The Hall–Kier alpha value is -1.01. The summed E-state index contributed by atoms with van der Waals surface area (Å²) in [5.74, 6) is 0.144. The van der Waals surface area contributed by atoms with Crippen molar-refractivity contribution in [2.75, 3.05) is 13.6 Å². The van der Waals surface area contributed by atoms with Crippen LogP contribution in [0.25, 0.3) is 0 Å². The van der Waals surface area contributed by atoms with Crippen molar-refractivity contribution in [3.8, 4) is 0 Å². The van der Waals surface area contributed by atoms with Crippen LogP contribution in [0.5, 0.6) is 0 Å². The number of hydrogen-bond acceptors (Lipinski definition) is 3. The molecule has 1 fully saturated rings. The second kappa shape index (κ2) is 4.34. The molecule has 94 valence electrons. The zero-order valence-electron chi connectivity index (χ0n) is 9.80. The molecule has 2 unspecified atom stereocenters. The van der Waals surface area contributed by atoms with Gasteiger partial charge in [0.2, 0.25) is 5.03 Å². The Morgan fingerprint density at radius 3 is 2.76 bits per heavy atom. The van der Waals surface area contributed by atoms with Crippen LogP contribution in [0, 0.1) is 17.7 Å². The quantitative estimate of drug-likeness (QED) is 0.822. The first-order chi connectivity index (χ1) is 7.93. The number of pyridine rings is 1. The van der Waals surface area contributed by atoms with Crippen molar-refractivity contribution in [3.63, 3.8) is 0 Å². The number of aromatic nitrogens is 1. The monoisotopic (exact) mass is 258 g/mol. The van der Waals surface area contributed by atoms with Crippen molar-refractivity contribution < 1.29 is 12.8 Å². The van der Waals surface area contributed by atoms with E-state index in [-0.39, 0.29) is 0 Å². The highest BCUT2D eigenvalue weighted by Crippen LogP contribution is 2.38. The van der Waals surface area contributed by atoms with Gasteiger partial charge in [-0.15, -0.1) is 0 Å². The largest absolute Gasteiger partial charge is 0.263 e. The molecule has 2 atom stereocenters. The van der Waals surface area contributed by atoms with Crippen molar-refractivity contribution in [1.29, 1.82) is 0 Å². The second-order valence-electron chi connectivity index (χ2n) is 4.55. The molecule has 1 aliphatic carbocycles. The summed E-state index contributed by atoms with van der Waals surface area (Å²) in [5, 5.41) is -0.490. The highest BCUT2D eigenvalue weighted by atomic mass is 32.2. The average molecular weight is 258 g/mol. The highest BCUT2D eigenvalue weighted by Gasteiger charge is 2.37. The number of sulfonamides is 1. The minimum Gasteiger partial charge on any atom is -0.241 e. The molecule has 0 saturated heterocycles. The smallest absolute Gasteiger partial charge is 0.241 e. The topological polar surface area (TPSA) is 50.3 Å². The first kappa shape index (κ1) is 12.4. The van der Waals surface area contributed by atoms with Gasteiger partial charge in [0.25, 0.3) is 10.0 Å². The van der Waals surface area contributed by atoms with Gasteiger partial charge in [0.1, 0.15) is 0 Å². The summed E-state index contributed by atoms with van der Waals surface area (Å²) in [6, 6.07) is 2.48. The standard InChI is InChI=1S/C11H15FN2O2S/c1-8-6-9(8)7-14(2)17(15,16)11-10(12)4-3-5-13-11/h3-5,8-9H,6-7H2,1-2H3. The SMILES string of the molecule is CC1CC1CN(C)S(=O)(=O)c1ncccc1F. The molecule has 6 heteroatoms. The van der Waals surface area contributed by atoms with Crippen molar-refractivity contribution in [1.82, 2.24) is 9.29 Å². The molecule has 1 aliphatic rings. The summed E-state index contributed by atoms with van der Waals surface area (Å²) in [6.45, 7) is 2.51. The van der Waals surface area contributed by atoms with Gasteiger partial charge in [-0.05, 0) is 30.4 Å². The van der Waals surface area contributed by atoms with Crippen LogP contribution < -0.4 is 0 Å². The van der Waals surface area contributed by atoms with E-state index in [1.807, 2.05) is 0 Å². The van der Waals surface area contributed by atoms with Gasteiger partial charge in [-0.2, -0.15) is 4.31 Å². The molecule has 4 nitrogen and oxygen atoms in total. The number of rotatable bonds is 4. The van der Waals surface area contributed by atoms with Crippen molar-refractivity contribution in [3.05, 3.63) is 24.1 Å².